The highest BCUT2D eigenvalue weighted by Gasteiger charge is 2.50. The van der Waals surface area contributed by atoms with Crippen LogP contribution in [-0.2, 0) is 21.5 Å². The molecule has 0 saturated heterocycles. The number of hydrogen-bond acceptors (Lipinski definition) is 5. The molecule has 0 saturated carbocycles. The van der Waals surface area contributed by atoms with Crippen LogP contribution in [0.25, 0.3) is 0 Å². The molecule has 3 rings (SSSR count). The molecular weight excluding hydrogens is 338 g/mol. The van der Waals surface area contributed by atoms with Crippen LogP contribution in [0.2, 0.25) is 0 Å². The maximum atomic E-state index is 12.9. The fourth-order valence-corrected chi connectivity index (χ4v) is 3.41. The normalized spacial score (nSPS) is 21.1. The number of aromatic nitrogens is 1. The third kappa shape index (κ3) is 2.65. The Hall–Kier alpha value is -3.09. The molecule has 7 nitrogen and oxygen atoms in total. The predicted octanol–water partition coefficient (Wildman–Crippen LogP) is 2.86. The Morgan fingerprint density at radius 3 is 2.38 bits per heavy atom. The fourth-order valence-electron chi connectivity index (χ4n) is 3.41. The van der Waals surface area contributed by atoms with Crippen molar-refractivity contribution in [3.05, 3.63) is 53.3 Å². The Bertz CT molecular complexity index is 882. The van der Waals surface area contributed by atoms with Gasteiger partial charge in [-0.05, 0) is 49.2 Å². The van der Waals surface area contributed by atoms with E-state index < -0.39 is 17.5 Å². The largest absolute Gasteiger partial charge is 0.513 e. The summed E-state index contributed by atoms with van der Waals surface area (Å²) >= 11 is 0. The van der Waals surface area contributed by atoms with Crippen molar-refractivity contribution in [2.45, 2.75) is 25.8 Å². The molecule has 0 spiro atoms. The SMILES string of the molecule is COc1ccc(C(=O)c2ccc3n2CC(C)C3(C)C(=O)OC(=O)O)cc1. The van der Waals surface area contributed by atoms with Crippen LogP contribution in [0.1, 0.15) is 35.6 Å². The molecule has 1 aliphatic rings. The fraction of sp³-hybridized carbons (Fsp3) is 0.316. The van der Waals surface area contributed by atoms with Crippen molar-refractivity contribution < 1.29 is 29.0 Å². The van der Waals surface area contributed by atoms with Gasteiger partial charge in [-0.1, -0.05) is 6.92 Å². The summed E-state index contributed by atoms with van der Waals surface area (Å²) in [5.74, 6) is -0.577. The van der Waals surface area contributed by atoms with E-state index >= 15 is 0 Å². The quantitative estimate of drug-likeness (QED) is 0.514. The first-order chi connectivity index (χ1) is 12.3. The number of ether oxygens (including phenoxy) is 2. The number of carbonyl (C=O) groups is 3. The van der Waals surface area contributed by atoms with Crippen LogP contribution in [0.15, 0.2) is 36.4 Å². The van der Waals surface area contributed by atoms with E-state index in [2.05, 4.69) is 4.74 Å². The lowest BCUT2D eigenvalue weighted by atomic mass is 9.78. The zero-order valence-corrected chi connectivity index (χ0v) is 14.7. The minimum absolute atomic E-state index is 0.179. The van der Waals surface area contributed by atoms with Gasteiger partial charge in [0.2, 0.25) is 5.78 Å². The minimum Gasteiger partial charge on any atom is -0.497 e. The molecule has 0 aliphatic carbocycles. The number of carboxylic acid groups (broad SMARTS) is 1. The van der Waals surface area contributed by atoms with Crippen molar-refractivity contribution in [2.75, 3.05) is 7.11 Å². The second-order valence-electron chi connectivity index (χ2n) is 6.53. The number of fused-ring (bicyclic) bond motifs is 1. The first kappa shape index (κ1) is 17.7. The van der Waals surface area contributed by atoms with Gasteiger partial charge >= 0.3 is 12.1 Å². The van der Waals surface area contributed by atoms with Crippen molar-refractivity contribution in [1.82, 2.24) is 4.57 Å². The molecule has 1 aromatic heterocycles. The first-order valence-corrected chi connectivity index (χ1v) is 8.13. The van der Waals surface area contributed by atoms with Gasteiger partial charge in [0.1, 0.15) is 11.2 Å². The van der Waals surface area contributed by atoms with Crippen molar-refractivity contribution in [2.24, 2.45) is 5.92 Å². The highest BCUT2D eigenvalue weighted by molar-refractivity contribution is 6.08. The number of rotatable bonds is 4. The highest BCUT2D eigenvalue weighted by atomic mass is 16.7. The van der Waals surface area contributed by atoms with E-state index in [1.165, 1.54) is 0 Å². The lowest BCUT2D eigenvalue weighted by molar-refractivity contribution is -0.146. The van der Waals surface area contributed by atoms with Gasteiger partial charge in [-0.3, -0.25) is 9.59 Å². The van der Waals surface area contributed by atoms with Crippen LogP contribution in [0.3, 0.4) is 0 Å². The van der Waals surface area contributed by atoms with E-state index in [1.54, 1.807) is 55.0 Å². The van der Waals surface area contributed by atoms with E-state index in [4.69, 9.17) is 9.84 Å². The number of carbonyl (C=O) groups excluding carboxylic acids is 2. The van der Waals surface area contributed by atoms with Crippen LogP contribution in [-0.4, -0.2) is 34.7 Å². The maximum Gasteiger partial charge on any atom is 0.513 e. The Kier molecular flexibility index (Phi) is 4.31. The zero-order chi connectivity index (χ0) is 19.1. The van der Waals surface area contributed by atoms with E-state index in [1.807, 2.05) is 6.92 Å². The Labute approximate surface area is 150 Å². The van der Waals surface area contributed by atoms with Crippen LogP contribution in [0, 0.1) is 5.92 Å². The van der Waals surface area contributed by atoms with Gasteiger partial charge in [0.05, 0.1) is 12.8 Å². The molecular formula is C19H19NO6. The summed E-state index contributed by atoms with van der Waals surface area (Å²) in [6.07, 6.45) is -1.64. The summed E-state index contributed by atoms with van der Waals surface area (Å²) in [5.41, 5.74) is 0.398. The molecule has 7 heteroatoms. The molecule has 2 unspecified atom stereocenters. The molecule has 2 heterocycles. The number of methoxy groups -OCH3 is 1. The Balaban J connectivity index is 1.97. The number of benzene rings is 1. The van der Waals surface area contributed by atoms with Gasteiger partial charge in [-0.2, -0.15) is 0 Å². The van der Waals surface area contributed by atoms with Gasteiger partial charge < -0.3 is 19.1 Å². The third-order valence-electron chi connectivity index (χ3n) is 5.14. The Morgan fingerprint density at radius 1 is 1.15 bits per heavy atom. The van der Waals surface area contributed by atoms with Crippen molar-refractivity contribution in [3.63, 3.8) is 0 Å². The predicted molar refractivity (Wildman–Crippen MR) is 91.5 cm³/mol. The molecule has 0 bridgehead atoms. The first-order valence-electron chi connectivity index (χ1n) is 8.13. The van der Waals surface area contributed by atoms with E-state index in [-0.39, 0.29) is 11.7 Å². The van der Waals surface area contributed by atoms with E-state index in [0.29, 0.717) is 29.2 Å². The van der Waals surface area contributed by atoms with Gasteiger partial charge in [0.15, 0.2) is 0 Å². The molecule has 1 aromatic carbocycles. The summed E-state index contributed by atoms with van der Waals surface area (Å²) in [4.78, 5) is 36.0. The summed E-state index contributed by atoms with van der Waals surface area (Å²) in [7, 11) is 1.55. The molecule has 2 atom stereocenters. The summed E-state index contributed by atoms with van der Waals surface area (Å²) in [6.45, 7) is 3.89. The smallest absolute Gasteiger partial charge is 0.497 e. The number of ketones is 1. The molecule has 26 heavy (non-hydrogen) atoms. The molecule has 0 radical (unpaired) electrons. The summed E-state index contributed by atoms with van der Waals surface area (Å²) in [5, 5.41) is 8.76. The minimum atomic E-state index is -1.64. The van der Waals surface area contributed by atoms with Crippen LogP contribution < -0.4 is 4.74 Å². The second kappa shape index (κ2) is 6.33. The molecule has 1 aliphatic heterocycles. The Morgan fingerprint density at radius 2 is 1.81 bits per heavy atom. The van der Waals surface area contributed by atoms with Gasteiger partial charge in [-0.25, -0.2) is 4.79 Å². The van der Waals surface area contributed by atoms with Gasteiger partial charge in [-0.15, -0.1) is 0 Å². The lowest BCUT2D eigenvalue weighted by Crippen LogP contribution is -2.38. The molecule has 2 aromatic rings. The average Bonchev–Trinajstić information content (AvgIpc) is 3.13. The van der Waals surface area contributed by atoms with E-state index in [9.17, 15) is 14.4 Å². The molecule has 0 amide bonds. The maximum absolute atomic E-state index is 12.9. The molecule has 0 fully saturated rings. The summed E-state index contributed by atoms with van der Waals surface area (Å²) < 4.78 is 11.3. The molecule has 1 N–H and O–H groups in total. The third-order valence-corrected chi connectivity index (χ3v) is 5.14. The monoisotopic (exact) mass is 357 g/mol. The topological polar surface area (TPSA) is 94.8 Å². The average molecular weight is 357 g/mol. The van der Waals surface area contributed by atoms with Crippen LogP contribution >= 0.6 is 0 Å². The second-order valence-corrected chi connectivity index (χ2v) is 6.53. The highest BCUT2D eigenvalue weighted by Crippen LogP contribution is 2.42. The standard InChI is InChI=1S/C19H19NO6/c1-11-10-20-14(16(21)12-4-6-13(25-3)7-5-12)8-9-15(20)19(11,2)17(22)26-18(23)24/h4-9,11H,10H2,1-3H3,(H,23,24). The number of hydrogen-bond donors (Lipinski definition) is 1. The van der Waals surface area contributed by atoms with Crippen LogP contribution in [0.5, 0.6) is 5.75 Å². The van der Waals surface area contributed by atoms with Crippen molar-refractivity contribution in [1.29, 1.82) is 0 Å². The zero-order valence-electron chi connectivity index (χ0n) is 14.7. The van der Waals surface area contributed by atoms with Crippen molar-refractivity contribution >= 4 is 17.9 Å². The lowest BCUT2D eigenvalue weighted by Gasteiger charge is -2.24. The van der Waals surface area contributed by atoms with Crippen LogP contribution in [0.4, 0.5) is 4.79 Å². The molecule has 136 valence electrons. The van der Waals surface area contributed by atoms with Gasteiger partial charge in [0.25, 0.3) is 0 Å². The van der Waals surface area contributed by atoms with Gasteiger partial charge in [0, 0.05) is 17.8 Å². The number of nitrogens with zero attached hydrogens (tertiary/aromatic N) is 1. The van der Waals surface area contributed by atoms with E-state index in [0.717, 1.165) is 0 Å². The van der Waals surface area contributed by atoms with Crippen molar-refractivity contribution in [3.8, 4) is 5.75 Å². The summed E-state index contributed by atoms with van der Waals surface area (Å²) in [6, 6.07) is 10.1. The number of esters is 1.